The van der Waals surface area contributed by atoms with Crippen molar-refractivity contribution in [1.29, 1.82) is 0 Å². The Morgan fingerprint density at radius 2 is 1.25 bits per heavy atom. The fraction of sp³-hybridized carbons (Fsp3) is 0. The fourth-order valence-electron chi connectivity index (χ4n) is 1.24. The zero-order chi connectivity index (χ0) is 14.3. The summed E-state index contributed by atoms with van der Waals surface area (Å²) in [5.74, 6) is -2.19. The van der Waals surface area contributed by atoms with E-state index in [1.165, 1.54) is 12.1 Å². The summed E-state index contributed by atoms with van der Waals surface area (Å²) in [4.78, 5) is 20.5. The van der Waals surface area contributed by atoms with Crippen LogP contribution in [0.25, 0.3) is 0 Å². The van der Waals surface area contributed by atoms with Crippen LogP contribution < -0.4 is 0 Å². The second-order valence-corrected chi connectivity index (χ2v) is 3.49. The Hall–Kier alpha value is -1.90. The van der Waals surface area contributed by atoms with Crippen LogP contribution in [0.1, 0.15) is 20.7 Å². The van der Waals surface area contributed by atoms with Crippen molar-refractivity contribution in [2.45, 2.75) is 0 Å². The predicted molar refractivity (Wildman–Crippen MR) is 68.5 cm³/mol. The van der Waals surface area contributed by atoms with Crippen LogP contribution in [0.4, 0.5) is 0 Å². The Labute approximate surface area is 135 Å². The number of phenols is 1. The maximum atomic E-state index is 10.3. The molecule has 3 N–H and O–H groups in total. The number of carboxylic acid groups (broad SMARTS) is 2. The van der Waals surface area contributed by atoms with Crippen molar-refractivity contribution in [3.63, 3.8) is 0 Å². The van der Waals surface area contributed by atoms with E-state index in [1.807, 2.05) is 0 Å². The summed E-state index contributed by atoms with van der Waals surface area (Å²) in [5.41, 5.74) is 0.264. The Bertz CT molecular complexity index is 569. The molecule has 0 atom stereocenters. The van der Waals surface area contributed by atoms with E-state index in [9.17, 15) is 9.59 Å². The van der Waals surface area contributed by atoms with Gasteiger partial charge in [-0.05, 0) is 24.3 Å². The molecule has 0 radical (unpaired) electrons. The van der Waals surface area contributed by atoms with E-state index in [0.29, 0.717) is 5.56 Å². The van der Waals surface area contributed by atoms with Gasteiger partial charge in [0.05, 0.1) is 5.56 Å². The molecule has 20 heavy (non-hydrogen) atoms. The number of benzene rings is 2. The average Bonchev–Trinajstić information content (AvgIpc) is 2.40. The van der Waals surface area contributed by atoms with Crippen LogP contribution in [-0.4, -0.2) is 27.3 Å². The van der Waals surface area contributed by atoms with E-state index in [1.54, 1.807) is 42.5 Å². The molecule has 0 aliphatic heterocycles. The van der Waals surface area contributed by atoms with Crippen molar-refractivity contribution in [3.05, 3.63) is 65.7 Å². The van der Waals surface area contributed by atoms with Gasteiger partial charge in [0, 0.05) is 27.3 Å². The van der Waals surface area contributed by atoms with Crippen LogP contribution >= 0.6 is 0 Å². The average molecular weight is 373 g/mol. The van der Waals surface area contributed by atoms with Crippen molar-refractivity contribution in [1.82, 2.24) is 0 Å². The third kappa shape index (κ3) is 5.83. The molecule has 2 aromatic carbocycles. The van der Waals surface area contributed by atoms with Gasteiger partial charge in [0.25, 0.3) is 0 Å². The second-order valence-electron chi connectivity index (χ2n) is 3.49. The molecular weight excluding hydrogens is 361 g/mol. The van der Waals surface area contributed by atoms with Crippen molar-refractivity contribution < 1.29 is 52.2 Å². The van der Waals surface area contributed by atoms with Gasteiger partial charge in [-0.25, -0.2) is 9.59 Å². The van der Waals surface area contributed by atoms with Crippen LogP contribution in [0.15, 0.2) is 54.6 Å². The molecule has 2 rings (SSSR count). The van der Waals surface area contributed by atoms with Gasteiger partial charge in [0.15, 0.2) is 0 Å². The van der Waals surface area contributed by atoms with Gasteiger partial charge >= 0.3 is 11.9 Å². The van der Waals surface area contributed by atoms with Crippen LogP contribution in [-0.2, 0) is 27.3 Å². The minimum atomic E-state index is -1.11. The van der Waals surface area contributed by atoms with Gasteiger partial charge in [-0.1, -0.05) is 30.3 Å². The van der Waals surface area contributed by atoms with E-state index in [-0.39, 0.29) is 38.6 Å². The van der Waals surface area contributed by atoms with E-state index in [2.05, 4.69) is 0 Å². The summed E-state index contributed by atoms with van der Waals surface area (Å²) in [6.07, 6.45) is 0. The SMILES string of the molecule is O=C(O)c1ccccc1.O=C(O)c1ccccc1O.[Cd]. The van der Waals surface area contributed by atoms with Gasteiger partial charge in [-0.3, -0.25) is 0 Å². The maximum absolute atomic E-state index is 10.3. The number of hydrogen-bond acceptors (Lipinski definition) is 3. The summed E-state index contributed by atoms with van der Waals surface area (Å²) in [6, 6.07) is 14.1. The van der Waals surface area contributed by atoms with E-state index >= 15 is 0 Å². The van der Waals surface area contributed by atoms with Crippen LogP contribution in [0.2, 0.25) is 0 Å². The first-order valence-corrected chi connectivity index (χ1v) is 5.32. The molecule has 0 bridgehead atoms. The molecule has 2 aromatic rings. The molecule has 0 aliphatic rings. The predicted octanol–water partition coefficient (Wildman–Crippen LogP) is 2.47. The third-order valence-electron chi connectivity index (χ3n) is 2.16. The maximum Gasteiger partial charge on any atom is 0.339 e. The largest absolute Gasteiger partial charge is 0.507 e. The van der Waals surface area contributed by atoms with Crippen molar-refractivity contribution in [3.8, 4) is 5.75 Å². The molecule has 0 saturated heterocycles. The normalized spacial score (nSPS) is 8.60. The molecule has 0 heterocycles. The third-order valence-corrected chi connectivity index (χ3v) is 2.16. The van der Waals surface area contributed by atoms with Gasteiger partial charge in [0.2, 0.25) is 0 Å². The van der Waals surface area contributed by atoms with Gasteiger partial charge in [-0.15, -0.1) is 0 Å². The first kappa shape index (κ1) is 18.1. The number of aromatic carboxylic acids is 2. The Morgan fingerprint density at radius 3 is 1.60 bits per heavy atom. The second kappa shape index (κ2) is 9.08. The molecule has 0 aliphatic carbocycles. The van der Waals surface area contributed by atoms with Crippen LogP contribution in [0.5, 0.6) is 5.75 Å². The van der Waals surface area contributed by atoms with Crippen molar-refractivity contribution >= 4 is 11.9 Å². The summed E-state index contributed by atoms with van der Waals surface area (Å²) in [6.45, 7) is 0. The summed E-state index contributed by atoms with van der Waals surface area (Å²) in [7, 11) is 0. The Kier molecular flexibility index (Phi) is 8.22. The van der Waals surface area contributed by atoms with Crippen molar-refractivity contribution in [2.24, 2.45) is 0 Å². The Morgan fingerprint density at radius 1 is 0.750 bits per heavy atom. The molecule has 5 nitrogen and oxygen atoms in total. The molecule has 100 valence electrons. The summed E-state index contributed by atoms with van der Waals surface area (Å²) in [5, 5.41) is 25.7. The van der Waals surface area contributed by atoms with Gasteiger partial charge in [-0.2, -0.15) is 0 Å². The minimum Gasteiger partial charge on any atom is -0.507 e. The smallest absolute Gasteiger partial charge is 0.339 e. The van der Waals surface area contributed by atoms with E-state index in [0.717, 1.165) is 0 Å². The molecule has 6 heteroatoms. The first-order valence-electron chi connectivity index (χ1n) is 5.32. The number of rotatable bonds is 2. The minimum absolute atomic E-state index is 0. The molecule has 0 fully saturated rings. The molecule has 0 amide bonds. The number of carboxylic acids is 2. The monoisotopic (exact) mass is 374 g/mol. The topological polar surface area (TPSA) is 94.8 Å². The number of aromatic hydroxyl groups is 1. The van der Waals surface area contributed by atoms with Crippen molar-refractivity contribution in [2.75, 3.05) is 0 Å². The summed E-state index contributed by atoms with van der Waals surface area (Å²) < 4.78 is 0. The molecule has 0 aromatic heterocycles. The van der Waals surface area contributed by atoms with Crippen LogP contribution in [0.3, 0.4) is 0 Å². The van der Waals surface area contributed by atoms with Gasteiger partial charge < -0.3 is 15.3 Å². The quantitative estimate of drug-likeness (QED) is 0.704. The Balaban J connectivity index is 0.000000345. The number of hydrogen-bond donors (Lipinski definition) is 3. The number of carbonyl (C=O) groups is 2. The first-order chi connectivity index (χ1) is 9.02. The van der Waals surface area contributed by atoms with Crippen LogP contribution in [0, 0.1) is 0 Å². The fourth-order valence-corrected chi connectivity index (χ4v) is 1.24. The molecule has 0 saturated carbocycles. The number of para-hydroxylation sites is 1. The van der Waals surface area contributed by atoms with Gasteiger partial charge in [0.1, 0.15) is 11.3 Å². The molecule has 0 spiro atoms. The van der Waals surface area contributed by atoms with E-state index < -0.39 is 11.9 Å². The standard InChI is InChI=1S/C7H6O3.C7H6O2.Cd/c8-6-4-2-1-3-5(6)7(9)10;8-7(9)6-4-2-1-3-5-6;/h1-4,8H,(H,9,10);1-5H,(H,8,9);. The zero-order valence-corrected chi connectivity index (χ0v) is 14.6. The zero-order valence-electron chi connectivity index (χ0n) is 10.6. The summed E-state index contributed by atoms with van der Waals surface area (Å²) >= 11 is 0. The molecule has 0 unspecified atom stereocenters. The van der Waals surface area contributed by atoms with E-state index in [4.69, 9.17) is 15.3 Å². The molecular formula is C14H12CdO5.